The first-order valence-electron chi connectivity index (χ1n) is 12.1. The molecule has 0 atom stereocenters. The van der Waals surface area contributed by atoms with E-state index in [1.807, 2.05) is 33.7 Å². The molecule has 2 aromatic heterocycles. The number of hydrogen-bond acceptors (Lipinski definition) is 4. The van der Waals surface area contributed by atoms with Crippen molar-refractivity contribution in [3.63, 3.8) is 0 Å². The molecule has 32 heavy (non-hydrogen) atoms. The van der Waals surface area contributed by atoms with Crippen LogP contribution in [-0.2, 0) is 6.54 Å². The lowest BCUT2D eigenvalue weighted by Crippen LogP contribution is -2.48. The molecule has 1 amide bonds. The molecule has 0 spiro atoms. The molecule has 0 aliphatic carbocycles. The fraction of sp³-hybridized carbons (Fsp3) is 0.560. The van der Waals surface area contributed by atoms with Gasteiger partial charge in [-0.3, -0.25) is 9.59 Å². The van der Waals surface area contributed by atoms with E-state index >= 15 is 0 Å². The second-order valence-electron chi connectivity index (χ2n) is 9.74. The van der Waals surface area contributed by atoms with E-state index in [2.05, 4.69) is 23.8 Å². The van der Waals surface area contributed by atoms with E-state index in [0.29, 0.717) is 29.7 Å². The molecule has 0 bridgehead atoms. The van der Waals surface area contributed by atoms with E-state index in [9.17, 15) is 9.59 Å². The van der Waals surface area contributed by atoms with Gasteiger partial charge < -0.3 is 14.4 Å². The van der Waals surface area contributed by atoms with Crippen molar-refractivity contribution in [1.29, 1.82) is 0 Å². The van der Waals surface area contributed by atoms with Gasteiger partial charge in [0.25, 0.3) is 11.5 Å². The Morgan fingerprint density at radius 2 is 1.69 bits per heavy atom. The zero-order chi connectivity index (χ0) is 22.2. The first-order valence-corrected chi connectivity index (χ1v) is 12.1. The summed E-state index contributed by atoms with van der Waals surface area (Å²) in [5, 5.41) is 4.61. The van der Waals surface area contributed by atoms with Crippen LogP contribution >= 0.6 is 0 Å². The summed E-state index contributed by atoms with van der Waals surface area (Å²) < 4.78 is 3.47. The second kappa shape index (κ2) is 8.70. The van der Waals surface area contributed by atoms with Crippen molar-refractivity contribution in [3.05, 3.63) is 46.4 Å². The van der Waals surface area contributed by atoms with Gasteiger partial charge in [-0.15, -0.1) is 0 Å². The standard InChI is InChI=1S/C25H33N5O2/c1-18(2)17-29-21-8-4-5-9-22(21)30-23(25(29)32)16-20(26-30)24(31)28-14-10-19(11-15-28)27-12-6-3-7-13-27/h4-5,8-9,16,18-19H,3,6-7,10-15,17H2,1-2H3. The number of carbonyl (C=O) groups excluding carboxylic acids is 1. The van der Waals surface area contributed by atoms with Gasteiger partial charge in [0.1, 0.15) is 5.52 Å². The Morgan fingerprint density at radius 1 is 1.00 bits per heavy atom. The van der Waals surface area contributed by atoms with Gasteiger partial charge in [-0.1, -0.05) is 32.4 Å². The molecule has 2 saturated heterocycles. The predicted molar refractivity (Wildman–Crippen MR) is 126 cm³/mol. The minimum Gasteiger partial charge on any atom is -0.337 e. The Bertz CT molecular complexity index is 1180. The van der Waals surface area contributed by atoms with Crippen LogP contribution in [0.2, 0.25) is 0 Å². The van der Waals surface area contributed by atoms with Gasteiger partial charge in [0.15, 0.2) is 5.69 Å². The lowest BCUT2D eigenvalue weighted by molar-refractivity contribution is 0.0584. The highest BCUT2D eigenvalue weighted by molar-refractivity contribution is 5.94. The third-order valence-electron chi connectivity index (χ3n) is 7.00. The van der Waals surface area contributed by atoms with Crippen molar-refractivity contribution in [2.75, 3.05) is 26.2 Å². The summed E-state index contributed by atoms with van der Waals surface area (Å²) in [5.74, 6) is 0.272. The number of amides is 1. The Kier molecular flexibility index (Phi) is 5.76. The van der Waals surface area contributed by atoms with Crippen molar-refractivity contribution in [2.45, 2.75) is 58.5 Å². The Hall–Kier alpha value is -2.67. The lowest BCUT2D eigenvalue weighted by atomic mass is 10.00. The molecule has 5 rings (SSSR count). The van der Waals surface area contributed by atoms with Crippen molar-refractivity contribution in [3.8, 4) is 0 Å². The Labute approximate surface area is 188 Å². The van der Waals surface area contributed by atoms with Crippen LogP contribution in [0, 0.1) is 5.92 Å². The number of carbonyl (C=O) groups is 1. The third-order valence-corrected chi connectivity index (χ3v) is 7.00. The summed E-state index contributed by atoms with van der Waals surface area (Å²) >= 11 is 0. The molecule has 2 aliphatic rings. The molecule has 0 unspecified atom stereocenters. The average molecular weight is 436 g/mol. The maximum Gasteiger partial charge on any atom is 0.277 e. The SMILES string of the molecule is CC(C)Cn1c(=O)c2cc(C(=O)N3CCC(N4CCCCC4)CC3)nn2c2ccccc21. The van der Waals surface area contributed by atoms with Gasteiger partial charge in [-0.2, -0.15) is 5.10 Å². The molecule has 2 fully saturated rings. The van der Waals surface area contributed by atoms with Gasteiger partial charge in [0.2, 0.25) is 0 Å². The molecular formula is C25H33N5O2. The minimum absolute atomic E-state index is 0.0651. The Morgan fingerprint density at radius 3 is 2.38 bits per heavy atom. The Balaban J connectivity index is 1.42. The molecule has 0 N–H and O–H groups in total. The molecule has 170 valence electrons. The zero-order valence-corrected chi connectivity index (χ0v) is 19.2. The quantitative estimate of drug-likeness (QED) is 0.630. The fourth-order valence-corrected chi connectivity index (χ4v) is 5.37. The summed E-state index contributed by atoms with van der Waals surface area (Å²) in [5.41, 5.74) is 2.45. The third kappa shape index (κ3) is 3.83. The number of nitrogens with zero attached hydrogens (tertiary/aromatic N) is 5. The number of fused-ring (bicyclic) bond motifs is 3. The predicted octanol–water partition coefficient (Wildman–Crippen LogP) is 3.40. The van der Waals surface area contributed by atoms with Crippen LogP contribution in [0.4, 0.5) is 0 Å². The lowest BCUT2D eigenvalue weighted by Gasteiger charge is -2.40. The number of piperidine rings is 2. The van der Waals surface area contributed by atoms with Gasteiger partial charge in [-0.05, 0) is 56.8 Å². The molecule has 2 aliphatic heterocycles. The van der Waals surface area contributed by atoms with Crippen molar-refractivity contribution >= 4 is 22.5 Å². The topological polar surface area (TPSA) is 62.9 Å². The number of likely N-dealkylation sites (tertiary alicyclic amines) is 2. The smallest absolute Gasteiger partial charge is 0.277 e. The number of rotatable bonds is 4. The molecule has 3 aromatic rings. The first-order chi connectivity index (χ1) is 15.5. The van der Waals surface area contributed by atoms with Gasteiger partial charge >= 0.3 is 0 Å². The summed E-state index contributed by atoms with van der Waals surface area (Å²) in [4.78, 5) is 31.1. The molecule has 7 nitrogen and oxygen atoms in total. The summed E-state index contributed by atoms with van der Waals surface area (Å²) in [7, 11) is 0. The summed E-state index contributed by atoms with van der Waals surface area (Å²) in [6.45, 7) is 8.74. The average Bonchev–Trinajstić information content (AvgIpc) is 3.28. The van der Waals surface area contributed by atoms with Crippen LogP contribution in [0.5, 0.6) is 0 Å². The van der Waals surface area contributed by atoms with Crippen LogP contribution in [0.1, 0.15) is 56.4 Å². The number of benzene rings is 1. The van der Waals surface area contributed by atoms with E-state index in [1.54, 1.807) is 10.6 Å². The maximum atomic E-state index is 13.3. The van der Waals surface area contributed by atoms with Crippen molar-refractivity contribution < 1.29 is 4.79 Å². The highest BCUT2D eigenvalue weighted by Crippen LogP contribution is 2.22. The van der Waals surface area contributed by atoms with E-state index in [-0.39, 0.29) is 11.5 Å². The van der Waals surface area contributed by atoms with E-state index in [0.717, 1.165) is 37.0 Å². The normalized spacial score (nSPS) is 18.8. The molecule has 0 saturated carbocycles. The molecule has 7 heteroatoms. The summed E-state index contributed by atoms with van der Waals surface area (Å²) in [6, 6.07) is 10.1. The minimum atomic E-state index is -0.0900. The number of aromatic nitrogens is 3. The van der Waals surface area contributed by atoms with Crippen LogP contribution in [0.15, 0.2) is 35.1 Å². The second-order valence-corrected chi connectivity index (χ2v) is 9.74. The van der Waals surface area contributed by atoms with Crippen molar-refractivity contribution in [1.82, 2.24) is 24.0 Å². The highest BCUT2D eigenvalue weighted by Gasteiger charge is 2.29. The molecule has 4 heterocycles. The molecule has 0 radical (unpaired) electrons. The molecule has 1 aromatic carbocycles. The van der Waals surface area contributed by atoms with E-state index in [4.69, 9.17) is 0 Å². The monoisotopic (exact) mass is 435 g/mol. The van der Waals surface area contributed by atoms with Gasteiger partial charge in [-0.25, -0.2) is 4.52 Å². The van der Waals surface area contributed by atoms with Crippen LogP contribution in [0.25, 0.3) is 16.6 Å². The van der Waals surface area contributed by atoms with Crippen LogP contribution in [-0.4, -0.2) is 62.1 Å². The molecular weight excluding hydrogens is 402 g/mol. The summed E-state index contributed by atoms with van der Waals surface area (Å²) in [6.07, 6.45) is 5.97. The van der Waals surface area contributed by atoms with Crippen LogP contribution < -0.4 is 5.56 Å². The highest BCUT2D eigenvalue weighted by atomic mass is 16.2. The fourth-order valence-electron chi connectivity index (χ4n) is 5.37. The van der Waals surface area contributed by atoms with Gasteiger partial charge in [0.05, 0.1) is 11.0 Å². The van der Waals surface area contributed by atoms with Crippen molar-refractivity contribution in [2.24, 2.45) is 5.92 Å². The number of hydrogen-bond donors (Lipinski definition) is 0. The first kappa shape index (κ1) is 21.2. The van der Waals surface area contributed by atoms with E-state index < -0.39 is 0 Å². The largest absolute Gasteiger partial charge is 0.337 e. The zero-order valence-electron chi connectivity index (χ0n) is 19.2. The van der Waals surface area contributed by atoms with Crippen LogP contribution in [0.3, 0.4) is 0 Å². The van der Waals surface area contributed by atoms with Gasteiger partial charge in [0, 0.05) is 31.7 Å². The number of para-hydroxylation sites is 2. The maximum absolute atomic E-state index is 13.3. The van der Waals surface area contributed by atoms with E-state index in [1.165, 1.54) is 32.4 Å².